The number of benzene rings is 1. The molecule has 3 rings (SSSR count). The lowest BCUT2D eigenvalue weighted by Gasteiger charge is -2.13. The van der Waals surface area contributed by atoms with Crippen molar-refractivity contribution in [3.05, 3.63) is 54.1 Å². The molecule has 100 valence electrons. The van der Waals surface area contributed by atoms with Gasteiger partial charge in [0.15, 0.2) is 0 Å². The van der Waals surface area contributed by atoms with Gasteiger partial charge in [-0.1, -0.05) is 18.2 Å². The normalized spacial score (nSPS) is 14.7. The van der Waals surface area contributed by atoms with E-state index in [-0.39, 0.29) is 24.9 Å². The van der Waals surface area contributed by atoms with Crippen LogP contribution in [-0.4, -0.2) is 29.8 Å². The monoisotopic (exact) mass is 270 g/mol. The first kappa shape index (κ1) is 12.5. The van der Waals surface area contributed by atoms with Crippen LogP contribution in [0, 0.1) is 5.82 Å². The van der Waals surface area contributed by atoms with Crippen molar-refractivity contribution in [2.75, 3.05) is 13.2 Å². The quantitative estimate of drug-likeness (QED) is 0.786. The van der Waals surface area contributed by atoms with Gasteiger partial charge in [0.1, 0.15) is 19.0 Å². The molecule has 0 saturated carbocycles. The van der Waals surface area contributed by atoms with E-state index in [1.54, 1.807) is 36.7 Å². The second kappa shape index (κ2) is 5.21. The second-order valence-corrected chi connectivity index (χ2v) is 4.36. The van der Waals surface area contributed by atoms with E-state index in [0.717, 1.165) is 0 Å². The summed E-state index contributed by atoms with van der Waals surface area (Å²) in [5.74, 6) is -0.712. The fourth-order valence-electron chi connectivity index (χ4n) is 2.03. The second-order valence-electron chi connectivity index (χ2n) is 4.36. The van der Waals surface area contributed by atoms with Crippen LogP contribution in [0.15, 0.2) is 47.7 Å². The minimum absolute atomic E-state index is 0.0126. The number of carbonyl (C=O) groups excluding carboxylic acids is 1. The smallest absolute Gasteiger partial charge is 0.328 e. The molecular formula is C15H11FN2O2. The van der Waals surface area contributed by atoms with Crippen molar-refractivity contribution in [1.82, 2.24) is 4.98 Å². The molecule has 1 aliphatic heterocycles. The Hall–Kier alpha value is -2.56. The summed E-state index contributed by atoms with van der Waals surface area (Å²) in [5, 5.41) is 0. The number of halogens is 1. The van der Waals surface area contributed by atoms with E-state index in [2.05, 4.69) is 9.98 Å². The predicted octanol–water partition coefficient (Wildman–Crippen LogP) is 2.23. The Kier molecular flexibility index (Phi) is 3.25. The number of nitrogens with zero attached hydrogens (tertiary/aromatic N) is 2. The lowest BCUT2D eigenvalue weighted by molar-refractivity contribution is -0.140. The zero-order valence-corrected chi connectivity index (χ0v) is 10.5. The van der Waals surface area contributed by atoms with E-state index < -0.39 is 0 Å². The van der Waals surface area contributed by atoms with Gasteiger partial charge < -0.3 is 4.74 Å². The lowest BCUT2D eigenvalue weighted by atomic mass is 10.0. The number of carbonyl (C=O) groups is 1. The lowest BCUT2D eigenvalue weighted by Crippen LogP contribution is -2.23. The van der Waals surface area contributed by atoms with Gasteiger partial charge >= 0.3 is 5.97 Å². The number of pyridine rings is 1. The number of aromatic nitrogens is 1. The highest BCUT2D eigenvalue weighted by Crippen LogP contribution is 2.23. The van der Waals surface area contributed by atoms with Crippen LogP contribution in [0.2, 0.25) is 0 Å². The van der Waals surface area contributed by atoms with Gasteiger partial charge in [-0.3, -0.25) is 14.8 Å². The summed E-state index contributed by atoms with van der Waals surface area (Å²) in [7, 11) is 0. The van der Waals surface area contributed by atoms with E-state index in [0.29, 0.717) is 22.4 Å². The van der Waals surface area contributed by atoms with Crippen molar-refractivity contribution in [3.63, 3.8) is 0 Å². The number of cyclic esters (lactones) is 1. The summed E-state index contributed by atoms with van der Waals surface area (Å²) >= 11 is 0. The third-order valence-electron chi connectivity index (χ3n) is 3.04. The Labute approximate surface area is 114 Å². The van der Waals surface area contributed by atoms with E-state index >= 15 is 0 Å². The number of ether oxygens (including phenoxy) is 1. The summed E-state index contributed by atoms with van der Waals surface area (Å²) in [6, 6.07) is 8.41. The maximum atomic E-state index is 14.2. The maximum Gasteiger partial charge on any atom is 0.328 e. The molecule has 20 heavy (non-hydrogen) atoms. The van der Waals surface area contributed by atoms with E-state index in [4.69, 9.17) is 4.74 Å². The van der Waals surface area contributed by atoms with Crippen LogP contribution in [0.25, 0.3) is 11.1 Å². The largest absolute Gasteiger partial charge is 0.458 e. The van der Waals surface area contributed by atoms with Crippen molar-refractivity contribution in [2.45, 2.75) is 0 Å². The van der Waals surface area contributed by atoms with E-state index in [1.165, 1.54) is 6.07 Å². The van der Waals surface area contributed by atoms with Crippen LogP contribution in [0.1, 0.15) is 5.56 Å². The van der Waals surface area contributed by atoms with Crippen molar-refractivity contribution in [2.24, 2.45) is 4.99 Å². The number of rotatable bonds is 2. The van der Waals surface area contributed by atoms with Crippen molar-refractivity contribution >= 4 is 11.7 Å². The molecule has 0 atom stereocenters. The molecule has 2 heterocycles. The van der Waals surface area contributed by atoms with Crippen LogP contribution in [0.3, 0.4) is 0 Å². The Balaban J connectivity index is 1.94. The van der Waals surface area contributed by atoms with Crippen LogP contribution < -0.4 is 0 Å². The van der Waals surface area contributed by atoms with Crippen LogP contribution >= 0.6 is 0 Å². The molecule has 0 spiro atoms. The van der Waals surface area contributed by atoms with Crippen molar-refractivity contribution in [3.8, 4) is 11.1 Å². The zero-order valence-electron chi connectivity index (χ0n) is 10.5. The number of aliphatic imine (C=N–C) groups is 1. The zero-order chi connectivity index (χ0) is 13.9. The van der Waals surface area contributed by atoms with E-state index in [1.807, 2.05) is 0 Å². The SMILES string of the molecule is O=C1CN=C(c2ccc(-c3cccnc3)c(F)c2)CO1. The molecule has 0 saturated heterocycles. The topological polar surface area (TPSA) is 51.5 Å². The third kappa shape index (κ3) is 2.42. The summed E-state index contributed by atoms with van der Waals surface area (Å²) in [6.45, 7) is 0.0752. The molecule has 5 heteroatoms. The first-order valence-electron chi connectivity index (χ1n) is 6.13. The van der Waals surface area contributed by atoms with Gasteiger partial charge in [0.2, 0.25) is 0 Å². The number of hydrogen-bond acceptors (Lipinski definition) is 4. The van der Waals surface area contributed by atoms with Gasteiger partial charge in [0.05, 0.1) is 5.71 Å². The van der Waals surface area contributed by atoms with E-state index in [9.17, 15) is 9.18 Å². The third-order valence-corrected chi connectivity index (χ3v) is 3.04. The molecule has 4 nitrogen and oxygen atoms in total. The Morgan fingerprint density at radius 1 is 1.20 bits per heavy atom. The molecule has 0 bridgehead atoms. The minimum atomic E-state index is -0.360. The molecule has 2 aromatic rings. The molecular weight excluding hydrogens is 259 g/mol. The number of hydrogen-bond donors (Lipinski definition) is 0. The number of esters is 1. The average molecular weight is 270 g/mol. The summed E-state index contributed by atoms with van der Waals surface area (Å²) in [5.41, 5.74) is 2.41. The molecule has 1 aromatic carbocycles. The highest BCUT2D eigenvalue weighted by atomic mass is 19.1. The fourth-order valence-corrected chi connectivity index (χ4v) is 2.03. The van der Waals surface area contributed by atoms with Gasteiger partial charge in [0.25, 0.3) is 0 Å². The van der Waals surface area contributed by atoms with Crippen molar-refractivity contribution < 1.29 is 13.9 Å². The molecule has 0 radical (unpaired) electrons. The molecule has 0 N–H and O–H groups in total. The first-order chi connectivity index (χ1) is 9.74. The molecule has 0 fully saturated rings. The van der Waals surface area contributed by atoms with Gasteiger partial charge in [-0.2, -0.15) is 0 Å². The van der Waals surface area contributed by atoms with Gasteiger partial charge in [-0.15, -0.1) is 0 Å². The van der Waals surface area contributed by atoms with Crippen molar-refractivity contribution in [1.29, 1.82) is 0 Å². The Bertz CT molecular complexity index is 684. The standard InChI is InChI=1S/C15H11FN2O2/c16-13-6-10(14-9-20-15(19)8-18-14)3-4-12(13)11-2-1-5-17-7-11/h1-7H,8-9H2. The first-order valence-corrected chi connectivity index (χ1v) is 6.13. The summed E-state index contributed by atoms with van der Waals surface area (Å²) in [6.07, 6.45) is 3.25. The highest BCUT2D eigenvalue weighted by molar-refractivity contribution is 6.04. The molecule has 0 unspecified atom stereocenters. The fraction of sp³-hybridized carbons (Fsp3) is 0.133. The van der Waals surface area contributed by atoms with Crippen LogP contribution in [-0.2, 0) is 9.53 Å². The van der Waals surface area contributed by atoms with Crippen LogP contribution in [0.5, 0.6) is 0 Å². The maximum absolute atomic E-state index is 14.2. The molecule has 1 aliphatic rings. The Morgan fingerprint density at radius 2 is 2.10 bits per heavy atom. The van der Waals surface area contributed by atoms with Gasteiger partial charge in [-0.05, 0) is 12.1 Å². The highest BCUT2D eigenvalue weighted by Gasteiger charge is 2.15. The van der Waals surface area contributed by atoms with Gasteiger partial charge in [-0.25, -0.2) is 4.39 Å². The Morgan fingerprint density at radius 3 is 2.75 bits per heavy atom. The molecule has 1 aromatic heterocycles. The average Bonchev–Trinajstić information content (AvgIpc) is 2.49. The molecule has 0 amide bonds. The predicted molar refractivity (Wildman–Crippen MR) is 72.0 cm³/mol. The van der Waals surface area contributed by atoms with Crippen LogP contribution in [0.4, 0.5) is 4.39 Å². The minimum Gasteiger partial charge on any atom is -0.458 e. The summed E-state index contributed by atoms with van der Waals surface area (Å²) < 4.78 is 19.1. The van der Waals surface area contributed by atoms with Gasteiger partial charge in [0, 0.05) is 29.1 Å². The summed E-state index contributed by atoms with van der Waals surface area (Å²) in [4.78, 5) is 19.0. The molecule has 0 aliphatic carbocycles.